The number of aromatic nitrogens is 2. The lowest BCUT2D eigenvalue weighted by atomic mass is 9.75. The van der Waals surface area contributed by atoms with Crippen LogP contribution >= 0.6 is 23.1 Å². The molecule has 3 N–H and O–H groups in total. The Bertz CT molecular complexity index is 2550. The molecule has 3 aliphatic rings. The predicted molar refractivity (Wildman–Crippen MR) is 257 cm³/mol. The van der Waals surface area contributed by atoms with Gasteiger partial charge in [0.1, 0.15) is 28.9 Å². The van der Waals surface area contributed by atoms with Gasteiger partial charge in [0.05, 0.1) is 0 Å². The second kappa shape index (κ2) is 20.8. The third-order valence-corrected chi connectivity index (χ3v) is 14.2. The molecular weight excluding hydrogens is 889 g/mol. The number of amides is 2. The summed E-state index contributed by atoms with van der Waals surface area (Å²) >= 11 is 2.47. The molecule has 2 aliphatic heterocycles. The lowest BCUT2D eigenvalue weighted by Gasteiger charge is -2.49. The number of fused-ring (bicyclic) bond motifs is 1. The minimum Gasteiger partial charge on any atom is -0.431 e. The van der Waals surface area contributed by atoms with E-state index in [0.29, 0.717) is 23.8 Å². The van der Waals surface area contributed by atoms with Crippen molar-refractivity contribution in [3.63, 3.8) is 0 Å². The molecular formula is C51H52N6O8S2. The monoisotopic (exact) mass is 940 g/mol. The molecule has 1 saturated carbocycles. The maximum atomic E-state index is 14.5. The van der Waals surface area contributed by atoms with E-state index in [2.05, 4.69) is 41.2 Å². The number of benzene rings is 3. The van der Waals surface area contributed by atoms with Crippen LogP contribution in [0.25, 0.3) is 6.08 Å². The van der Waals surface area contributed by atoms with Crippen LogP contribution in [0.4, 0.5) is 9.93 Å². The van der Waals surface area contributed by atoms with Crippen molar-refractivity contribution in [1.82, 2.24) is 20.2 Å². The van der Waals surface area contributed by atoms with Crippen LogP contribution in [0, 0.1) is 17.8 Å². The Hall–Kier alpha value is -6.78. The average Bonchev–Trinajstić information content (AvgIpc) is 3.77. The fourth-order valence-corrected chi connectivity index (χ4v) is 10.7. The number of esters is 1. The lowest BCUT2D eigenvalue weighted by molar-refractivity contribution is -0.170. The number of carbonyl (C=O) groups excluding carboxylic acids is 4. The summed E-state index contributed by atoms with van der Waals surface area (Å²) in [5.41, 5.74) is 8.09. The molecule has 1 aliphatic carbocycles. The van der Waals surface area contributed by atoms with Gasteiger partial charge in [0.15, 0.2) is 10.8 Å². The van der Waals surface area contributed by atoms with Gasteiger partial charge < -0.3 is 30.1 Å². The molecule has 6 atom stereocenters. The summed E-state index contributed by atoms with van der Waals surface area (Å²) in [4.78, 5) is 72.6. The Kier molecular flexibility index (Phi) is 14.5. The Labute approximate surface area is 397 Å². The fraction of sp³-hybridized carbons (Fsp3) is 0.314. The number of pyridine rings is 1. The van der Waals surface area contributed by atoms with Gasteiger partial charge in [-0.15, -0.1) is 23.1 Å². The second-order valence-corrected chi connectivity index (χ2v) is 19.1. The van der Waals surface area contributed by atoms with Crippen molar-refractivity contribution in [3.05, 3.63) is 166 Å². The molecule has 14 nitrogen and oxygen atoms in total. The molecule has 346 valence electrons. The van der Waals surface area contributed by atoms with Crippen molar-refractivity contribution in [1.29, 1.82) is 0 Å². The first-order chi connectivity index (χ1) is 32.4. The maximum absolute atomic E-state index is 14.5. The van der Waals surface area contributed by atoms with E-state index in [1.807, 2.05) is 97.1 Å². The highest BCUT2D eigenvalue weighted by Gasteiger charge is 2.55. The van der Waals surface area contributed by atoms with Gasteiger partial charge in [0, 0.05) is 47.1 Å². The van der Waals surface area contributed by atoms with E-state index in [0.717, 1.165) is 46.4 Å². The molecule has 8 rings (SSSR count). The number of ether oxygens (including phenoxy) is 3. The number of hydrogen-bond acceptors (Lipinski definition) is 14. The van der Waals surface area contributed by atoms with Gasteiger partial charge >= 0.3 is 12.1 Å². The number of nitrogens with zero attached hydrogens (tertiary/aromatic N) is 4. The van der Waals surface area contributed by atoms with Crippen LogP contribution in [-0.4, -0.2) is 74.1 Å². The summed E-state index contributed by atoms with van der Waals surface area (Å²) in [7, 11) is 0. The number of rotatable bonds is 15. The number of thiazole rings is 1. The predicted octanol–water partition coefficient (Wildman–Crippen LogP) is 8.70. The molecule has 4 heterocycles. The van der Waals surface area contributed by atoms with Crippen LogP contribution in [0.3, 0.4) is 0 Å². The lowest BCUT2D eigenvalue weighted by Crippen LogP contribution is -2.71. The van der Waals surface area contributed by atoms with Gasteiger partial charge in [-0.25, -0.2) is 14.6 Å². The van der Waals surface area contributed by atoms with Gasteiger partial charge in [-0.05, 0) is 47.8 Å². The summed E-state index contributed by atoms with van der Waals surface area (Å²) in [6.45, 7) is 7.77. The maximum Gasteiger partial charge on any atom is 0.511 e. The van der Waals surface area contributed by atoms with Crippen LogP contribution < -0.4 is 11.1 Å². The molecule has 0 radical (unpaired) electrons. The summed E-state index contributed by atoms with van der Waals surface area (Å²) in [5, 5.41) is 8.49. The largest absolute Gasteiger partial charge is 0.511 e. The first-order valence-electron chi connectivity index (χ1n) is 22.2. The Morgan fingerprint density at radius 1 is 0.896 bits per heavy atom. The Balaban J connectivity index is 1.06. The third-order valence-electron chi connectivity index (χ3n) is 12.2. The molecule has 1 unspecified atom stereocenters. The van der Waals surface area contributed by atoms with Crippen molar-refractivity contribution < 1.29 is 38.2 Å². The van der Waals surface area contributed by atoms with E-state index < -0.39 is 47.2 Å². The third kappa shape index (κ3) is 10.3. The van der Waals surface area contributed by atoms with Crippen molar-refractivity contribution in [2.75, 3.05) is 11.5 Å². The second-order valence-electron chi connectivity index (χ2n) is 17.1. The van der Waals surface area contributed by atoms with Crippen LogP contribution in [0.2, 0.25) is 0 Å². The molecule has 2 amide bonds. The van der Waals surface area contributed by atoms with Gasteiger partial charge in [-0.2, -0.15) is 0 Å². The van der Waals surface area contributed by atoms with Crippen molar-refractivity contribution in [2.24, 2.45) is 22.9 Å². The molecule has 5 aromatic rings. The zero-order valence-electron chi connectivity index (χ0n) is 37.5. The number of allylic oxidation sites excluding steroid dienone is 1. The molecule has 2 aromatic heterocycles. The van der Waals surface area contributed by atoms with Gasteiger partial charge in [0.2, 0.25) is 11.9 Å². The minimum absolute atomic E-state index is 0.0490. The quantitative estimate of drug-likeness (QED) is 0.0255. The first kappa shape index (κ1) is 46.7. The van der Waals surface area contributed by atoms with Crippen LogP contribution in [0.1, 0.15) is 74.9 Å². The minimum atomic E-state index is -1.35. The van der Waals surface area contributed by atoms with Gasteiger partial charge in [0.25, 0.3) is 11.8 Å². The number of thioether (sulfide) groups is 1. The SMILES string of the molecule is CC(OC(=O)O[C@@H]1C[C@H](C)CC[C@H]1C(C)C)OC(=O)C1=C(/C=C\c2cccnc2)CS[C@H]2[C@H](NC(=O)C(=NOC(c3ccccc3)(c3ccccc3)c3ccccc3)c3csc(N)n3)C(=O)N12. The van der Waals surface area contributed by atoms with E-state index in [4.69, 9.17) is 24.8 Å². The zero-order valence-corrected chi connectivity index (χ0v) is 39.2. The number of hydrogen-bond donors (Lipinski definition) is 2. The smallest absolute Gasteiger partial charge is 0.431 e. The standard InChI is InChI=1S/C51H52N6O8S2/c1-31(2)39-25-22-32(3)27-41(39)64-50(61)63-33(4)62-48(60)44-35(24-23-34-15-14-26-53-28-34)29-66-47-43(46(59)57(44)47)55-45(58)42(40-30-67-49(52)54-40)56-65-51(36-16-8-5-9-17-36,37-18-10-6-11-19-37)38-20-12-7-13-21-38/h5-21,23-24,26,28,30-33,39,41,43,47H,22,25,27,29H2,1-4H3,(H2,52,54)(H,55,58)/b24-23-,56-42?/t32-,33?,39+,41-,43-,47+/m1/s1. The summed E-state index contributed by atoms with van der Waals surface area (Å²) in [5.74, 6) is -1.08. The molecule has 1 saturated heterocycles. The summed E-state index contributed by atoms with van der Waals surface area (Å²) in [6, 6.07) is 31.2. The van der Waals surface area contributed by atoms with E-state index in [9.17, 15) is 19.2 Å². The normalized spacial score (nSPS) is 21.3. The van der Waals surface area contributed by atoms with Crippen LogP contribution in [0.5, 0.6) is 0 Å². The molecule has 67 heavy (non-hydrogen) atoms. The van der Waals surface area contributed by atoms with E-state index in [1.165, 1.54) is 23.6 Å². The summed E-state index contributed by atoms with van der Waals surface area (Å²) in [6.07, 6.45) is 6.90. The first-order valence-corrected chi connectivity index (χ1v) is 24.1. The van der Waals surface area contributed by atoms with Crippen LogP contribution in [-0.2, 0) is 39.0 Å². The van der Waals surface area contributed by atoms with E-state index in [-0.39, 0.29) is 40.0 Å². The number of nitrogens with two attached hydrogens (primary N) is 1. The highest BCUT2D eigenvalue weighted by Crippen LogP contribution is 2.43. The number of oxime groups is 1. The van der Waals surface area contributed by atoms with Crippen molar-refractivity contribution in [2.45, 2.75) is 76.4 Å². The van der Waals surface area contributed by atoms with E-state index >= 15 is 0 Å². The average molecular weight is 941 g/mol. The molecule has 0 spiro atoms. The Morgan fingerprint density at radius 2 is 1.55 bits per heavy atom. The highest BCUT2D eigenvalue weighted by molar-refractivity contribution is 8.00. The van der Waals surface area contributed by atoms with Gasteiger partial charge in [-0.3, -0.25) is 19.5 Å². The van der Waals surface area contributed by atoms with Crippen LogP contribution in [0.15, 0.2) is 143 Å². The fourth-order valence-electron chi connectivity index (χ4n) is 8.80. The highest BCUT2D eigenvalue weighted by atomic mass is 32.2. The molecule has 16 heteroatoms. The Morgan fingerprint density at radius 3 is 2.13 bits per heavy atom. The number of β-lactam (4-membered cyclic amide) rings is 1. The van der Waals surface area contributed by atoms with Gasteiger partial charge in [-0.1, -0.05) is 142 Å². The summed E-state index contributed by atoms with van der Waals surface area (Å²) < 4.78 is 17.0. The van der Waals surface area contributed by atoms with E-state index in [1.54, 1.807) is 36.0 Å². The topological polar surface area (TPSA) is 185 Å². The molecule has 0 bridgehead atoms. The zero-order chi connectivity index (χ0) is 47.1. The van der Waals surface area contributed by atoms with Crippen molar-refractivity contribution >= 4 is 64.0 Å². The molecule has 2 fully saturated rings. The van der Waals surface area contributed by atoms with Crippen molar-refractivity contribution in [3.8, 4) is 0 Å². The number of anilines is 1. The number of carbonyl (C=O) groups is 4. The number of nitrogens with one attached hydrogen (secondary N) is 1. The molecule has 3 aromatic carbocycles. The number of nitrogen functional groups attached to an aromatic ring is 1.